The van der Waals surface area contributed by atoms with Gasteiger partial charge in [0.15, 0.2) is 18.2 Å². The normalized spacial score (nSPS) is 13.1. The van der Waals surface area contributed by atoms with Crippen LogP contribution in [0.1, 0.15) is 33.3 Å². The van der Waals surface area contributed by atoms with Gasteiger partial charge in [0.05, 0.1) is 6.04 Å². The number of ketones is 1. The molecule has 1 unspecified atom stereocenters. The van der Waals surface area contributed by atoms with E-state index in [4.69, 9.17) is 0 Å². The topological polar surface area (TPSA) is 43.2 Å². The van der Waals surface area contributed by atoms with Crippen molar-refractivity contribution in [3.05, 3.63) is 30.1 Å². The Hall–Kier alpha value is -1.22. The summed E-state index contributed by atoms with van der Waals surface area (Å²) in [5.74, 6) is 0.355. The predicted octanol–water partition coefficient (Wildman–Crippen LogP) is 1.63. The fraction of sp³-hybridized carbons (Fsp3) is 0.571. The molecular formula is C14H23N2O+. The van der Waals surface area contributed by atoms with Gasteiger partial charge < -0.3 is 5.32 Å². The first-order valence-corrected chi connectivity index (χ1v) is 6.25. The molecule has 0 spiro atoms. The van der Waals surface area contributed by atoms with Crippen LogP contribution in [0.3, 0.4) is 0 Å². The Bertz CT molecular complexity index is 346. The number of H-pyrrole nitrogens is 1. The standard InChI is InChI=1S/C14H22N2O/c1-10(2)14(17)13(16-11(3)4)9-12-5-7-15-8-6-12/h5-8,10-11,13,16H,9H2,1-4H3/p+1. The molecule has 1 aromatic heterocycles. The second kappa shape index (κ2) is 6.50. The molecule has 0 aliphatic carbocycles. The molecule has 3 nitrogen and oxygen atoms in total. The fourth-order valence-corrected chi connectivity index (χ4v) is 1.84. The SMILES string of the molecule is CC(C)NC(Cc1cc[nH+]cc1)C(=O)C(C)C. The molecule has 3 heteroatoms. The van der Waals surface area contributed by atoms with Gasteiger partial charge in [-0.3, -0.25) is 4.79 Å². The van der Waals surface area contributed by atoms with Gasteiger partial charge in [-0.2, -0.15) is 0 Å². The third-order valence-electron chi connectivity index (χ3n) is 2.67. The van der Waals surface area contributed by atoms with Crippen LogP contribution >= 0.6 is 0 Å². The van der Waals surface area contributed by atoms with Crippen molar-refractivity contribution in [1.82, 2.24) is 5.32 Å². The first kappa shape index (κ1) is 13.8. The van der Waals surface area contributed by atoms with Crippen LogP contribution in [0.4, 0.5) is 0 Å². The lowest BCUT2D eigenvalue weighted by molar-refractivity contribution is -0.378. The van der Waals surface area contributed by atoms with E-state index in [0.717, 1.165) is 6.42 Å². The molecule has 1 heterocycles. The van der Waals surface area contributed by atoms with Crippen LogP contribution in [0.5, 0.6) is 0 Å². The zero-order chi connectivity index (χ0) is 12.8. The summed E-state index contributed by atoms with van der Waals surface area (Å²) in [4.78, 5) is 15.1. The second-order valence-electron chi connectivity index (χ2n) is 5.04. The van der Waals surface area contributed by atoms with E-state index >= 15 is 0 Å². The van der Waals surface area contributed by atoms with Crippen molar-refractivity contribution in [2.45, 2.75) is 46.2 Å². The van der Waals surface area contributed by atoms with Gasteiger partial charge >= 0.3 is 0 Å². The molecule has 0 radical (unpaired) electrons. The van der Waals surface area contributed by atoms with Crippen LogP contribution < -0.4 is 10.3 Å². The Kier molecular flexibility index (Phi) is 5.29. The van der Waals surface area contributed by atoms with Crippen molar-refractivity contribution in [1.29, 1.82) is 0 Å². The maximum absolute atomic E-state index is 12.1. The molecular weight excluding hydrogens is 212 g/mol. The number of nitrogens with one attached hydrogen (secondary N) is 2. The van der Waals surface area contributed by atoms with E-state index in [1.165, 1.54) is 5.56 Å². The molecule has 1 aromatic rings. The number of hydrogen-bond donors (Lipinski definition) is 1. The summed E-state index contributed by atoms with van der Waals surface area (Å²) in [5.41, 5.74) is 1.18. The molecule has 2 N–H and O–H groups in total. The summed E-state index contributed by atoms with van der Waals surface area (Å²) in [6.07, 6.45) is 4.53. The molecule has 0 aliphatic rings. The molecule has 0 fully saturated rings. The minimum Gasteiger partial charge on any atom is -0.305 e. The highest BCUT2D eigenvalue weighted by Crippen LogP contribution is 2.08. The summed E-state index contributed by atoms with van der Waals surface area (Å²) in [6.45, 7) is 8.05. The van der Waals surface area contributed by atoms with Crippen LogP contribution in [-0.2, 0) is 11.2 Å². The van der Waals surface area contributed by atoms with E-state index in [0.29, 0.717) is 6.04 Å². The fourth-order valence-electron chi connectivity index (χ4n) is 1.84. The van der Waals surface area contributed by atoms with Gasteiger partial charge in [-0.1, -0.05) is 27.7 Å². The monoisotopic (exact) mass is 235 g/mol. The maximum Gasteiger partial charge on any atom is 0.167 e. The van der Waals surface area contributed by atoms with Crippen LogP contribution in [0.15, 0.2) is 24.5 Å². The minimum absolute atomic E-state index is 0.0709. The van der Waals surface area contributed by atoms with Crippen molar-refractivity contribution in [2.75, 3.05) is 0 Å². The number of aromatic nitrogens is 1. The van der Waals surface area contributed by atoms with E-state index in [-0.39, 0.29) is 17.7 Å². The van der Waals surface area contributed by atoms with Gasteiger partial charge in [0.25, 0.3) is 0 Å². The first-order valence-electron chi connectivity index (χ1n) is 6.25. The summed E-state index contributed by atoms with van der Waals surface area (Å²) in [6, 6.07) is 4.26. The predicted molar refractivity (Wildman–Crippen MR) is 68.6 cm³/mol. The largest absolute Gasteiger partial charge is 0.305 e. The van der Waals surface area contributed by atoms with E-state index in [2.05, 4.69) is 24.1 Å². The Labute approximate surface area is 104 Å². The first-order chi connectivity index (χ1) is 8.00. The number of aromatic amines is 1. The summed E-state index contributed by atoms with van der Waals surface area (Å²) >= 11 is 0. The second-order valence-corrected chi connectivity index (χ2v) is 5.04. The zero-order valence-electron chi connectivity index (χ0n) is 11.2. The van der Waals surface area contributed by atoms with Crippen molar-refractivity contribution in [2.24, 2.45) is 5.92 Å². The highest BCUT2D eigenvalue weighted by Gasteiger charge is 2.22. The van der Waals surface area contributed by atoms with Crippen LogP contribution in [0.2, 0.25) is 0 Å². The number of carbonyl (C=O) groups is 1. The van der Waals surface area contributed by atoms with E-state index in [9.17, 15) is 4.79 Å². The summed E-state index contributed by atoms with van der Waals surface area (Å²) in [7, 11) is 0. The highest BCUT2D eigenvalue weighted by atomic mass is 16.1. The molecule has 17 heavy (non-hydrogen) atoms. The van der Waals surface area contributed by atoms with E-state index in [1.54, 1.807) is 0 Å². The van der Waals surface area contributed by atoms with Gasteiger partial charge in [0.2, 0.25) is 0 Å². The third kappa shape index (κ3) is 4.65. The van der Waals surface area contributed by atoms with Gasteiger partial charge in [-0.05, 0) is 12.0 Å². The molecule has 0 aliphatic heterocycles. The maximum atomic E-state index is 12.1. The molecule has 0 aromatic carbocycles. The molecule has 0 saturated carbocycles. The van der Waals surface area contributed by atoms with Crippen molar-refractivity contribution in [3.63, 3.8) is 0 Å². The highest BCUT2D eigenvalue weighted by molar-refractivity contribution is 5.86. The average molecular weight is 235 g/mol. The number of Topliss-reactive ketones (excluding diaryl/α,β-unsaturated/α-hetero) is 1. The lowest BCUT2D eigenvalue weighted by Crippen LogP contribution is -2.44. The number of carbonyl (C=O) groups excluding carboxylic acids is 1. The van der Waals surface area contributed by atoms with Crippen LogP contribution in [0, 0.1) is 5.92 Å². The summed E-state index contributed by atoms with van der Waals surface area (Å²) < 4.78 is 0. The van der Waals surface area contributed by atoms with E-state index in [1.807, 2.05) is 38.4 Å². The molecule has 0 saturated heterocycles. The quantitative estimate of drug-likeness (QED) is 0.814. The lowest BCUT2D eigenvalue weighted by Gasteiger charge is -2.21. The molecule has 94 valence electrons. The van der Waals surface area contributed by atoms with Gasteiger partial charge in [0, 0.05) is 24.1 Å². The number of rotatable bonds is 6. The summed E-state index contributed by atoms with van der Waals surface area (Å²) in [5, 5.41) is 3.35. The molecule has 1 atom stereocenters. The number of pyridine rings is 1. The lowest BCUT2D eigenvalue weighted by atomic mass is 9.95. The van der Waals surface area contributed by atoms with Crippen LogP contribution in [0.25, 0.3) is 0 Å². The van der Waals surface area contributed by atoms with Crippen molar-refractivity contribution < 1.29 is 9.78 Å². The van der Waals surface area contributed by atoms with E-state index < -0.39 is 0 Å². The Balaban J connectivity index is 2.74. The molecule has 0 amide bonds. The Morgan fingerprint density at radius 2 is 1.82 bits per heavy atom. The third-order valence-corrected chi connectivity index (χ3v) is 2.67. The van der Waals surface area contributed by atoms with Gasteiger partial charge in [0.1, 0.15) is 0 Å². The van der Waals surface area contributed by atoms with Crippen molar-refractivity contribution >= 4 is 5.78 Å². The van der Waals surface area contributed by atoms with Crippen LogP contribution in [-0.4, -0.2) is 17.9 Å². The van der Waals surface area contributed by atoms with Crippen molar-refractivity contribution in [3.8, 4) is 0 Å². The number of hydrogen-bond acceptors (Lipinski definition) is 2. The zero-order valence-corrected chi connectivity index (χ0v) is 11.2. The van der Waals surface area contributed by atoms with Gasteiger partial charge in [-0.25, -0.2) is 4.98 Å². The molecule has 1 rings (SSSR count). The minimum atomic E-state index is -0.0857. The molecule has 0 bridgehead atoms. The average Bonchev–Trinajstić information content (AvgIpc) is 2.28. The smallest absolute Gasteiger partial charge is 0.167 e. The Morgan fingerprint density at radius 1 is 1.24 bits per heavy atom. The Morgan fingerprint density at radius 3 is 2.29 bits per heavy atom. The van der Waals surface area contributed by atoms with Gasteiger partial charge in [-0.15, -0.1) is 0 Å².